The summed E-state index contributed by atoms with van der Waals surface area (Å²) in [4.78, 5) is 22.9. The minimum absolute atomic E-state index is 0.0783. The van der Waals surface area contributed by atoms with Crippen molar-refractivity contribution in [3.8, 4) is 0 Å². The summed E-state index contributed by atoms with van der Waals surface area (Å²) < 4.78 is 3.95. The Balaban J connectivity index is 0.000000182. The molecular weight excluding hydrogens is 408 g/mol. The highest BCUT2D eigenvalue weighted by Gasteiger charge is 2.28. The number of hydrogen-bond acceptors (Lipinski definition) is 7. The lowest BCUT2D eigenvalue weighted by Crippen LogP contribution is -2.39. The van der Waals surface area contributed by atoms with Crippen LogP contribution in [0.1, 0.15) is 53.4 Å². The van der Waals surface area contributed by atoms with E-state index in [-0.39, 0.29) is 16.9 Å². The van der Waals surface area contributed by atoms with Gasteiger partial charge in [0.05, 0.1) is 17.4 Å². The molecule has 10 heteroatoms. The first-order valence-corrected chi connectivity index (χ1v) is 11.5. The molecule has 0 radical (unpaired) electrons. The number of hydrogen-bond donors (Lipinski definition) is 1. The molecule has 2 N–H and O–H groups in total. The van der Waals surface area contributed by atoms with Crippen LogP contribution in [0.4, 0.5) is 11.6 Å². The van der Waals surface area contributed by atoms with E-state index in [1.165, 1.54) is 45.0 Å². The van der Waals surface area contributed by atoms with E-state index in [0.717, 1.165) is 26.2 Å². The molecule has 2 fully saturated rings. The Morgan fingerprint density at radius 1 is 0.875 bits per heavy atom. The zero-order chi connectivity index (χ0) is 23.4. The van der Waals surface area contributed by atoms with Gasteiger partial charge in [0.15, 0.2) is 0 Å². The molecule has 0 saturated carbocycles. The number of nitrogens with zero attached hydrogens (tertiary/aromatic N) is 7. The number of imidazole rings is 2. The number of aromatic nitrogens is 4. The zero-order valence-corrected chi connectivity index (χ0v) is 19.9. The van der Waals surface area contributed by atoms with Gasteiger partial charge in [-0.2, -0.15) is 0 Å². The zero-order valence-electron chi connectivity index (χ0n) is 19.9. The van der Waals surface area contributed by atoms with Crippen LogP contribution in [0, 0.1) is 10.1 Å². The topological polar surface area (TPSA) is 111 Å². The summed E-state index contributed by atoms with van der Waals surface area (Å²) in [6.07, 6.45) is 12.0. The Hall–Kier alpha value is -2.46. The summed E-state index contributed by atoms with van der Waals surface area (Å²) in [6.45, 7) is 15.3. The summed E-state index contributed by atoms with van der Waals surface area (Å²) in [5, 5.41) is 10.6. The van der Waals surface area contributed by atoms with Crippen LogP contribution in [0.2, 0.25) is 0 Å². The van der Waals surface area contributed by atoms with E-state index >= 15 is 0 Å². The Morgan fingerprint density at radius 3 is 1.69 bits per heavy atom. The van der Waals surface area contributed by atoms with E-state index in [0.29, 0.717) is 5.82 Å². The number of nitrogen functional groups attached to an aromatic ring is 1. The third kappa shape index (κ3) is 6.29. The van der Waals surface area contributed by atoms with Gasteiger partial charge in [0, 0.05) is 19.3 Å². The van der Waals surface area contributed by atoms with Crippen LogP contribution in [0.15, 0.2) is 25.0 Å². The Morgan fingerprint density at radius 2 is 1.31 bits per heavy atom. The first-order valence-electron chi connectivity index (χ1n) is 11.5. The smallest absolute Gasteiger partial charge is 0.381 e. The molecule has 2 aliphatic heterocycles. The van der Waals surface area contributed by atoms with Crippen LogP contribution < -0.4 is 5.73 Å². The van der Waals surface area contributed by atoms with Gasteiger partial charge in [-0.05, 0) is 89.5 Å². The lowest BCUT2D eigenvalue weighted by Gasteiger charge is -2.31. The molecule has 2 saturated heterocycles. The van der Waals surface area contributed by atoms with Crippen molar-refractivity contribution in [2.24, 2.45) is 0 Å². The largest absolute Gasteiger partial charge is 0.382 e. The first kappa shape index (κ1) is 24.2. The van der Waals surface area contributed by atoms with Gasteiger partial charge in [0.1, 0.15) is 12.0 Å². The summed E-state index contributed by atoms with van der Waals surface area (Å²) in [5.41, 5.74) is 5.56. The van der Waals surface area contributed by atoms with Crippen LogP contribution in [0.25, 0.3) is 0 Å². The van der Waals surface area contributed by atoms with E-state index in [4.69, 9.17) is 5.73 Å². The Kier molecular flexibility index (Phi) is 7.55. The standard InChI is InChI=1S/C11H18N4O2.C11H20N4/c1-11(2,8-13-5-3-4-6-13)14-7-10(12-9-14)15(16)17;1-11(2,8-14-5-3-4-6-14)15-7-10(12)13-9-15/h7,9H,3-6,8H2,1-2H3;7,9H,3-6,8,12H2,1-2H3. The Bertz CT molecular complexity index is 876. The van der Waals surface area contributed by atoms with Crippen molar-refractivity contribution < 1.29 is 4.92 Å². The normalized spacial score (nSPS) is 18.0. The number of rotatable bonds is 7. The maximum atomic E-state index is 10.6. The second-order valence-corrected chi connectivity index (χ2v) is 10.2. The van der Waals surface area contributed by atoms with Gasteiger partial charge in [-0.15, -0.1) is 0 Å². The monoisotopic (exact) mass is 446 g/mol. The second kappa shape index (κ2) is 9.99. The van der Waals surface area contributed by atoms with Gasteiger partial charge in [-0.25, -0.2) is 4.98 Å². The molecular formula is C22H38N8O2. The van der Waals surface area contributed by atoms with Crippen molar-refractivity contribution in [2.45, 2.75) is 64.5 Å². The molecule has 0 atom stereocenters. The molecule has 2 aliphatic rings. The van der Waals surface area contributed by atoms with Crippen molar-refractivity contribution in [1.29, 1.82) is 0 Å². The minimum atomic E-state index is -0.456. The molecule has 0 aromatic carbocycles. The molecule has 0 aliphatic carbocycles. The van der Waals surface area contributed by atoms with Crippen LogP contribution in [-0.2, 0) is 11.1 Å². The average Bonchev–Trinajstić information content (AvgIpc) is 3.50. The molecule has 4 rings (SSSR count). The highest BCUT2D eigenvalue weighted by Crippen LogP contribution is 2.22. The van der Waals surface area contributed by atoms with Gasteiger partial charge < -0.3 is 34.8 Å². The molecule has 178 valence electrons. The minimum Gasteiger partial charge on any atom is -0.382 e. The molecule has 0 spiro atoms. The summed E-state index contributed by atoms with van der Waals surface area (Å²) in [5.74, 6) is 0.518. The predicted octanol–water partition coefficient (Wildman–Crippen LogP) is 2.92. The average molecular weight is 447 g/mol. The summed E-state index contributed by atoms with van der Waals surface area (Å²) >= 11 is 0. The highest BCUT2D eigenvalue weighted by atomic mass is 16.6. The van der Waals surface area contributed by atoms with E-state index in [1.54, 1.807) is 6.33 Å². The van der Waals surface area contributed by atoms with Crippen LogP contribution >= 0.6 is 0 Å². The summed E-state index contributed by atoms with van der Waals surface area (Å²) in [6, 6.07) is 0. The molecule has 2 aromatic heterocycles. The number of nitrogens with two attached hydrogens (primary N) is 1. The van der Waals surface area contributed by atoms with Crippen molar-refractivity contribution in [2.75, 3.05) is 45.0 Å². The van der Waals surface area contributed by atoms with Crippen LogP contribution in [0.5, 0.6) is 0 Å². The van der Waals surface area contributed by atoms with E-state index in [9.17, 15) is 10.1 Å². The predicted molar refractivity (Wildman–Crippen MR) is 126 cm³/mol. The highest BCUT2D eigenvalue weighted by molar-refractivity contribution is 5.23. The third-order valence-corrected chi connectivity index (χ3v) is 6.37. The fourth-order valence-corrected chi connectivity index (χ4v) is 4.55. The SMILES string of the molecule is CC(C)(CN1CCCC1)n1cnc(N)c1.CC(C)(CN1CCCC1)n1cnc([N+](=O)[O-])c1. The van der Waals surface area contributed by atoms with Crippen molar-refractivity contribution in [3.63, 3.8) is 0 Å². The van der Waals surface area contributed by atoms with Gasteiger partial charge in [0.25, 0.3) is 0 Å². The summed E-state index contributed by atoms with van der Waals surface area (Å²) in [7, 11) is 0. The van der Waals surface area contributed by atoms with E-state index < -0.39 is 4.92 Å². The molecule has 0 unspecified atom stereocenters. The van der Waals surface area contributed by atoms with Gasteiger partial charge in [-0.3, -0.25) is 0 Å². The molecule has 0 amide bonds. The van der Waals surface area contributed by atoms with Crippen molar-refractivity contribution >= 4 is 11.6 Å². The van der Waals surface area contributed by atoms with Crippen LogP contribution in [0.3, 0.4) is 0 Å². The van der Waals surface area contributed by atoms with E-state index in [2.05, 4.69) is 52.0 Å². The molecule has 10 nitrogen and oxygen atoms in total. The van der Waals surface area contributed by atoms with Crippen LogP contribution in [-0.4, -0.2) is 73.1 Å². The molecule has 0 bridgehead atoms. The van der Waals surface area contributed by atoms with Gasteiger partial charge in [-0.1, -0.05) is 0 Å². The lowest BCUT2D eigenvalue weighted by molar-refractivity contribution is -0.389. The molecule has 32 heavy (non-hydrogen) atoms. The number of nitro groups is 1. The quantitative estimate of drug-likeness (QED) is 0.514. The Labute approximate surface area is 190 Å². The number of likely N-dealkylation sites (tertiary alicyclic amines) is 2. The van der Waals surface area contributed by atoms with Crippen molar-refractivity contribution in [3.05, 3.63) is 35.2 Å². The number of anilines is 1. The maximum absolute atomic E-state index is 10.6. The third-order valence-electron chi connectivity index (χ3n) is 6.37. The second-order valence-electron chi connectivity index (χ2n) is 10.2. The maximum Gasteiger partial charge on any atom is 0.381 e. The molecule has 4 heterocycles. The first-order chi connectivity index (χ1) is 15.1. The van der Waals surface area contributed by atoms with Crippen molar-refractivity contribution in [1.82, 2.24) is 28.9 Å². The van der Waals surface area contributed by atoms with Gasteiger partial charge in [0.2, 0.25) is 6.33 Å². The molecule has 2 aromatic rings. The lowest BCUT2D eigenvalue weighted by atomic mass is 10.1. The van der Waals surface area contributed by atoms with E-state index in [1.807, 2.05) is 17.1 Å². The fourth-order valence-electron chi connectivity index (χ4n) is 4.55. The van der Waals surface area contributed by atoms with Gasteiger partial charge >= 0.3 is 5.82 Å². The fraction of sp³-hybridized carbons (Fsp3) is 0.727.